The Kier molecular flexibility index (Phi) is 3.66. The fraction of sp³-hybridized carbons (Fsp3) is 0.300. The third kappa shape index (κ3) is 2.67. The van der Waals surface area contributed by atoms with Gasteiger partial charge in [-0.25, -0.2) is 4.39 Å². The highest BCUT2D eigenvalue weighted by Crippen LogP contribution is 2.25. The maximum Gasteiger partial charge on any atom is 0.309 e. The van der Waals surface area contributed by atoms with E-state index in [1.807, 2.05) is 0 Å². The Morgan fingerprint density at radius 2 is 2.13 bits per heavy atom. The Bertz CT molecular complexity index is 381. The van der Waals surface area contributed by atoms with Gasteiger partial charge in [-0.15, -0.1) is 0 Å². The molecule has 0 amide bonds. The largest absolute Gasteiger partial charge is 0.481 e. The normalized spacial score (nSPS) is 14.7. The first kappa shape index (κ1) is 11.9. The zero-order valence-electron chi connectivity index (χ0n) is 7.95. The van der Waals surface area contributed by atoms with Crippen molar-refractivity contribution in [2.45, 2.75) is 13.0 Å². The molecule has 0 saturated heterocycles. The van der Waals surface area contributed by atoms with Crippen LogP contribution in [0.2, 0.25) is 5.02 Å². The summed E-state index contributed by atoms with van der Waals surface area (Å²) in [6, 6.07) is 3.63. The number of aliphatic carboxylic acids is 1. The number of hydrogen-bond acceptors (Lipinski definition) is 2. The van der Waals surface area contributed by atoms with Crippen LogP contribution in [0.15, 0.2) is 18.2 Å². The number of rotatable bonds is 3. The lowest BCUT2D eigenvalue weighted by Crippen LogP contribution is -2.18. The smallest absolute Gasteiger partial charge is 0.309 e. The summed E-state index contributed by atoms with van der Waals surface area (Å²) < 4.78 is 12.8. The van der Waals surface area contributed by atoms with Crippen LogP contribution in [0, 0.1) is 11.7 Å². The van der Waals surface area contributed by atoms with E-state index in [0.29, 0.717) is 0 Å². The quantitative estimate of drug-likeness (QED) is 0.840. The van der Waals surface area contributed by atoms with Crippen LogP contribution in [-0.2, 0) is 4.79 Å². The van der Waals surface area contributed by atoms with Crippen LogP contribution in [0.4, 0.5) is 4.39 Å². The molecule has 2 N–H and O–H groups in total. The summed E-state index contributed by atoms with van der Waals surface area (Å²) in [4.78, 5) is 10.6. The van der Waals surface area contributed by atoms with Gasteiger partial charge in [0.05, 0.1) is 17.0 Å². The Balaban J connectivity index is 2.96. The van der Waals surface area contributed by atoms with Gasteiger partial charge >= 0.3 is 5.97 Å². The average molecular weight is 233 g/mol. The molecule has 0 fully saturated rings. The van der Waals surface area contributed by atoms with E-state index >= 15 is 0 Å². The van der Waals surface area contributed by atoms with Gasteiger partial charge in [-0.3, -0.25) is 4.79 Å². The molecule has 2 unspecified atom stereocenters. The van der Waals surface area contributed by atoms with Gasteiger partial charge in [0.2, 0.25) is 0 Å². The molecule has 1 aromatic rings. The number of halogens is 2. The minimum Gasteiger partial charge on any atom is -0.481 e. The third-order valence-electron chi connectivity index (χ3n) is 2.15. The summed E-state index contributed by atoms with van der Waals surface area (Å²) >= 11 is 5.51. The van der Waals surface area contributed by atoms with Crippen molar-refractivity contribution in [1.82, 2.24) is 0 Å². The predicted octanol–water partition coefficient (Wildman–Crippen LogP) is 2.23. The Morgan fingerprint density at radius 3 is 2.60 bits per heavy atom. The molecular weight excluding hydrogens is 223 g/mol. The molecule has 5 heteroatoms. The summed E-state index contributed by atoms with van der Waals surface area (Å²) in [7, 11) is 0. The Labute approximate surface area is 91.1 Å². The Morgan fingerprint density at radius 1 is 1.53 bits per heavy atom. The molecule has 82 valence electrons. The molecule has 0 heterocycles. The van der Waals surface area contributed by atoms with E-state index in [2.05, 4.69) is 0 Å². The number of benzene rings is 1. The van der Waals surface area contributed by atoms with Crippen LogP contribution in [0.1, 0.15) is 18.6 Å². The monoisotopic (exact) mass is 232 g/mol. The summed E-state index contributed by atoms with van der Waals surface area (Å²) in [6.45, 7) is 1.37. The first-order valence-electron chi connectivity index (χ1n) is 4.29. The second-order valence-corrected chi connectivity index (χ2v) is 3.65. The fourth-order valence-corrected chi connectivity index (χ4v) is 1.31. The van der Waals surface area contributed by atoms with E-state index in [0.717, 1.165) is 6.07 Å². The van der Waals surface area contributed by atoms with Crippen LogP contribution in [-0.4, -0.2) is 16.2 Å². The number of aliphatic hydroxyl groups is 1. The van der Waals surface area contributed by atoms with Crippen LogP contribution in [0.3, 0.4) is 0 Å². The highest BCUT2D eigenvalue weighted by atomic mass is 35.5. The maximum absolute atomic E-state index is 12.8. The van der Waals surface area contributed by atoms with E-state index in [1.54, 1.807) is 0 Å². The van der Waals surface area contributed by atoms with Gasteiger partial charge in [-0.2, -0.15) is 0 Å². The van der Waals surface area contributed by atoms with Crippen LogP contribution in [0.5, 0.6) is 0 Å². The first-order valence-corrected chi connectivity index (χ1v) is 4.67. The van der Waals surface area contributed by atoms with Gasteiger partial charge in [0.25, 0.3) is 0 Å². The lowest BCUT2D eigenvalue weighted by molar-refractivity contribution is -0.145. The molecule has 15 heavy (non-hydrogen) atoms. The first-order chi connectivity index (χ1) is 6.93. The molecule has 0 aromatic heterocycles. The number of hydrogen-bond donors (Lipinski definition) is 2. The summed E-state index contributed by atoms with van der Waals surface area (Å²) in [6.07, 6.45) is -1.19. The highest BCUT2D eigenvalue weighted by molar-refractivity contribution is 6.30. The Hall–Kier alpha value is -1.13. The minimum atomic E-state index is -1.19. The molecule has 1 aromatic carbocycles. The van der Waals surface area contributed by atoms with Crippen LogP contribution < -0.4 is 0 Å². The highest BCUT2D eigenvalue weighted by Gasteiger charge is 2.23. The number of carboxylic acid groups (broad SMARTS) is 1. The van der Waals surface area contributed by atoms with Gasteiger partial charge in [0, 0.05) is 0 Å². The van der Waals surface area contributed by atoms with Crippen molar-refractivity contribution < 1.29 is 19.4 Å². The van der Waals surface area contributed by atoms with E-state index in [-0.39, 0.29) is 10.6 Å². The molecule has 0 radical (unpaired) electrons. The third-order valence-corrected chi connectivity index (χ3v) is 2.44. The fourth-order valence-electron chi connectivity index (χ4n) is 1.12. The molecule has 0 aliphatic rings. The second-order valence-electron chi connectivity index (χ2n) is 3.25. The second kappa shape index (κ2) is 4.59. The lowest BCUT2D eigenvalue weighted by atomic mass is 9.98. The molecule has 0 saturated carbocycles. The van der Waals surface area contributed by atoms with Crippen LogP contribution in [0.25, 0.3) is 0 Å². The molecule has 0 bridgehead atoms. The van der Waals surface area contributed by atoms with Crippen molar-refractivity contribution in [2.75, 3.05) is 0 Å². The summed E-state index contributed by atoms with van der Waals surface area (Å²) in [5, 5.41) is 18.1. The molecule has 0 aliphatic heterocycles. The zero-order valence-corrected chi connectivity index (χ0v) is 8.70. The van der Waals surface area contributed by atoms with Crippen molar-refractivity contribution in [3.8, 4) is 0 Å². The topological polar surface area (TPSA) is 57.5 Å². The van der Waals surface area contributed by atoms with Gasteiger partial charge in [0.15, 0.2) is 0 Å². The van der Waals surface area contributed by atoms with Crippen molar-refractivity contribution in [2.24, 2.45) is 5.92 Å². The molecule has 0 spiro atoms. The summed E-state index contributed by atoms with van der Waals surface area (Å²) in [5.41, 5.74) is 0.288. The van der Waals surface area contributed by atoms with Crippen molar-refractivity contribution in [3.05, 3.63) is 34.6 Å². The van der Waals surface area contributed by atoms with E-state index in [1.165, 1.54) is 19.1 Å². The number of aliphatic hydroxyl groups excluding tert-OH is 1. The van der Waals surface area contributed by atoms with Crippen molar-refractivity contribution >= 4 is 17.6 Å². The molecule has 1 rings (SSSR count). The molecule has 2 atom stereocenters. The zero-order chi connectivity index (χ0) is 11.6. The maximum atomic E-state index is 12.8. The van der Waals surface area contributed by atoms with Crippen LogP contribution >= 0.6 is 11.6 Å². The number of carbonyl (C=O) groups is 1. The van der Waals surface area contributed by atoms with Crippen molar-refractivity contribution in [1.29, 1.82) is 0 Å². The van der Waals surface area contributed by atoms with E-state index < -0.39 is 23.8 Å². The standard InChI is InChI=1S/C10H10ClFO3/c1-5(10(14)15)9(13)6-2-3-8(12)7(11)4-6/h2-5,9,13H,1H3,(H,14,15). The van der Waals surface area contributed by atoms with Gasteiger partial charge in [0.1, 0.15) is 5.82 Å². The minimum absolute atomic E-state index is 0.135. The van der Waals surface area contributed by atoms with Gasteiger partial charge < -0.3 is 10.2 Å². The lowest BCUT2D eigenvalue weighted by Gasteiger charge is -2.15. The number of carboxylic acids is 1. The average Bonchev–Trinajstić information content (AvgIpc) is 2.19. The van der Waals surface area contributed by atoms with Gasteiger partial charge in [-0.05, 0) is 24.6 Å². The SMILES string of the molecule is CC(C(=O)O)C(O)c1ccc(F)c(Cl)c1. The van der Waals surface area contributed by atoms with E-state index in [4.69, 9.17) is 16.7 Å². The molecule has 3 nitrogen and oxygen atoms in total. The predicted molar refractivity (Wildman–Crippen MR) is 53.2 cm³/mol. The summed E-state index contributed by atoms with van der Waals surface area (Å²) in [5.74, 6) is -2.69. The van der Waals surface area contributed by atoms with Crippen molar-refractivity contribution in [3.63, 3.8) is 0 Å². The molecular formula is C10H10ClFO3. The molecule has 0 aliphatic carbocycles. The van der Waals surface area contributed by atoms with E-state index in [9.17, 15) is 14.3 Å². The van der Waals surface area contributed by atoms with Gasteiger partial charge in [-0.1, -0.05) is 17.7 Å².